The molecular formula is C9H14N2O3. The average Bonchev–Trinajstić information content (AvgIpc) is 2.68. The van der Waals surface area contributed by atoms with E-state index in [0.29, 0.717) is 19.4 Å². The Labute approximate surface area is 82.2 Å². The summed E-state index contributed by atoms with van der Waals surface area (Å²) in [5.41, 5.74) is 4.90. The highest BCUT2D eigenvalue weighted by Crippen LogP contribution is 2.39. The average molecular weight is 198 g/mol. The van der Waals surface area contributed by atoms with E-state index in [9.17, 15) is 9.59 Å². The number of nitrogens with two attached hydrogens (primary N) is 1. The van der Waals surface area contributed by atoms with E-state index in [-0.39, 0.29) is 11.9 Å². The lowest BCUT2D eigenvalue weighted by molar-refractivity contribution is -0.155. The van der Waals surface area contributed by atoms with Crippen LogP contribution in [0.2, 0.25) is 0 Å². The maximum atomic E-state index is 11.6. The predicted molar refractivity (Wildman–Crippen MR) is 48.3 cm³/mol. The van der Waals surface area contributed by atoms with Gasteiger partial charge in [0.25, 0.3) is 0 Å². The molecular weight excluding hydrogens is 184 g/mol. The Morgan fingerprint density at radius 1 is 1.71 bits per heavy atom. The lowest BCUT2D eigenvalue weighted by atomic mass is 9.93. The Hall–Kier alpha value is -1.10. The van der Waals surface area contributed by atoms with Crippen LogP contribution in [0.15, 0.2) is 0 Å². The number of hydrogen-bond acceptors (Lipinski definition) is 4. The number of methoxy groups -OCH3 is 1. The second kappa shape index (κ2) is 2.95. The van der Waals surface area contributed by atoms with Gasteiger partial charge >= 0.3 is 5.97 Å². The monoisotopic (exact) mass is 198 g/mol. The molecule has 1 amide bonds. The number of carbonyl (C=O) groups is 2. The van der Waals surface area contributed by atoms with Gasteiger partial charge in [-0.1, -0.05) is 0 Å². The molecule has 2 aliphatic rings. The van der Waals surface area contributed by atoms with Crippen LogP contribution in [0, 0.1) is 0 Å². The van der Waals surface area contributed by atoms with Crippen molar-refractivity contribution in [1.82, 2.24) is 4.90 Å². The van der Waals surface area contributed by atoms with Gasteiger partial charge in [-0.25, -0.2) is 4.79 Å². The Balaban J connectivity index is 2.33. The van der Waals surface area contributed by atoms with Crippen molar-refractivity contribution >= 4 is 11.9 Å². The Bertz CT molecular complexity index is 292. The highest BCUT2D eigenvalue weighted by molar-refractivity contribution is 5.95. The normalized spacial score (nSPS) is 36.0. The zero-order chi connectivity index (χ0) is 10.3. The Morgan fingerprint density at radius 3 is 3.07 bits per heavy atom. The fourth-order valence-corrected chi connectivity index (χ4v) is 2.55. The summed E-state index contributed by atoms with van der Waals surface area (Å²) in [7, 11) is 1.35. The van der Waals surface area contributed by atoms with E-state index >= 15 is 0 Å². The van der Waals surface area contributed by atoms with Gasteiger partial charge in [0.05, 0.1) is 13.2 Å². The molecule has 2 N–H and O–H groups in total. The summed E-state index contributed by atoms with van der Waals surface area (Å²) in [6.45, 7) is 0.627. The topological polar surface area (TPSA) is 72.6 Å². The second-order valence-corrected chi connectivity index (χ2v) is 3.93. The minimum absolute atomic E-state index is 0.118. The number of fused-ring (bicyclic) bond motifs is 1. The fourth-order valence-electron chi connectivity index (χ4n) is 2.55. The summed E-state index contributed by atoms with van der Waals surface area (Å²) in [4.78, 5) is 24.8. The molecule has 0 saturated carbocycles. The van der Waals surface area contributed by atoms with Crippen LogP contribution >= 0.6 is 0 Å². The molecule has 2 saturated heterocycles. The van der Waals surface area contributed by atoms with Gasteiger partial charge < -0.3 is 15.4 Å². The predicted octanol–water partition coefficient (Wildman–Crippen LogP) is -0.748. The molecule has 0 unspecified atom stereocenters. The summed E-state index contributed by atoms with van der Waals surface area (Å²) in [6, 6.07) is -0.533. The third-order valence-electron chi connectivity index (χ3n) is 3.19. The van der Waals surface area contributed by atoms with E-state index in [0.717, 1.165) is 6.42 Å². The number of ether oxygens (including phenoxy) is 1. The largest absolute Gasteiger partial charge is 0.467 e. The highest BCUT2D eigenvalue weighted by Gasteiger charge is 2.57. The lowest BCUT2D eigenvalue weighted by Gasteiger charge is -2.28. The van der Waals surface area contributed by atoms with Crippen LogP contribution in [0.25, 0.3) is 0 Å². The third kappa shape index (κ3) is 0.987. The maximum absolute atomic E-state index is 11.6. The lowest BCUT2D eigenvalue weighted by Crippen LogP contribution is -2.47. The molecule has 78 valence electrons. The quantitative estimate of drug-likeness (QED) is 0.563. The smallest absolute Gasteiger partial charge is 0.331 e. The first kappa shape index (κ1) is 9.45. The van der Waals surface area contributed by atoms with E-state index in [2.05, 4.69) is 0 Å². The summed E-state index contributed by atoms with van der Waals surface area (Å²) in [5.74, 6) is -0.441. The first-order chi connectivity index (χ1) is 6.62. The van der Waals surface area contributed by atoms with Crippen LogP contribution in [-0.4, -0.2) is 42.0 Å². The van der Waals surface area contributed by atoms with Gasteiger partial charge in [0.15, 0.2) is 0 Å². The molecule has 0 aromatic carbocycles. The van der Waals surface area contributed by atoms with E-state index in [1.54, 1.807) is 4.90 Å². The van der Waals surface area contributed by atoms with Crippen molar-refractivity contribution < 1.29 is 14.3 Å². The molecule has 14 heavy (non-hydrogen) atoms. The van der Waals surface area contributed by atoms with E-state index in [4.69, 9.17) is 10.5 Å². The molecule has 0 aliphatic carbocycles. The van der Waals surface area contributed by atoms with Crippen molar-refractivity contribution in [1.29, 1.82) is 0 Å². The van der Waals surface area contributed by atoms with Gasteiger partial charge in [0.1, 0.15) is 5.54 Å². The molecule has 0 bridgehead atoms. The van der Waals surface area contributed by atoms with Gasteiger partial charge in [-0.2, -0.15) is 0 Å². The SMILES string of the molecule is COC(=O)[C@@]12CCCN1C(=O)[C@@H](N)C2. The second-order valence-electron chi connectivity index (χ2n) is 3.93. The molecule has 2 heterocycles. The van der Waals surface area contributed by atoms with Crippen molar-refractivity contribution in [2.45, 2.75) is 30.8 Å². The number of nitrogens with zero attached hydrogens (tertiary/aromatic N) is 1. The van der Waals surface area contributed by atoms with Crippen LogP contribution < -0.4 is 5.73 Å². The number of hydrogen-bond donors (Lipinski definition) is 1. The van der Waals surface area contributed by atoms with Crippen molar-refractivity contribution in [3.05, 3.63) is 0 Å². The molecule has 2 atom stereocenters. The van der Waals surface area contributed by atoms with Crippen molar-refractivity contribution in [3.8, 4) is 0 Å². The molecule has 0 radical (unpaired) electrons. The van der Waals surface area contributed by atoms with Crippen LogP contribution in [0.3, 0.4) is 0 Å². The molecule has 2 aliphatic heterocycles. The first-order valence-corrected chi connectivity index (χ1v) is 4.77. The van der Waals surface area contributed by atoms with Gasteiger partial charge in [0, 0.05) is 13.0 Å². The molecule has 5 heteroatoms. The molecule has 0 aromatic heterocycles. The van der Waals surface area contributed by atoms with Gasteiger partial charge in [-0.05, 0) is 12.8 Å². The highest BCUT2D eigenvalue weighted by atomic mass is 16.5. The van der Waals surface area contributed by atoms with Crippen molar-refractivity contribution in [2.24, 2.45) is 5.73 Å². The Kier molecular flexibility index (Phi) is 1.99. The van der Waals surface area contributed by atoms with Crippen LogP contribution in [-0.2, 0) is 14.3 Å². The van der Waals surface area contributed by atoms with Crippen LogP contribution in [0.4, 0.5) is 0 Å². The molecule has 0 spiro atoms. The standard InChI is InChI=1S/C9H14N2O3/c1-14-8(13)9-3-2-4-11(9)7(12)6(10)5-9/h6H,2-5,10H2,1H3/t6-,9-/m0/s1. The van der Waals surface area contributed by atoms with E-state index in [1.165, 1.54) is 7.11 Å². The maximum Gasteiger partial charge on any atom is 0.331 e. The summed E-state index contributed by atoms with van der Waals surface area (Å²) in [5, 5.41) is 0. The number of rotatable bonds is 1. The first-order valence-electron chi connectivity index (χ1n) is 4.77. The number of carbonyl (C=O) groups excluding carboxylic acids is 2. The third-order valence-corrected chi connectivity index (χ3v) is 3.19. The van der Waals surface area contributed by atoms with Crippen LogP contribution in [0.5, 0.6) is 0 Å². The van der Waals surface area contributed by atoms with Gasteiger partial charge in [-0.3, -0.25) is 4.79 Å². The minimum Gasteiger partial charge on any atom is -0.467 e. The fraction of sp³-hybridized carbons (Fsp3) is 0.778. The van der Waals surface area contributed by atoms with E-state index < -0.39 is 11.6 Å². The zero-order valence-electron chi connectivity index (χ0n) is 8.16. The van der Waals surface area contributed by atoms with E-state index in [1.807, 2.05) is 0 Å². The summed E-state index contributed by atoms with van der Waals surface area (Å²) < 4.78 is 4.75. The molecule has 5 nitrogen and oxygen atoms in total. The Morgan fingerprint density at radius 2 is 2.43 bits per heavy atom. The summed E-state index contributed by atoms with van der Waals surface area (Å²) >= 11 is 0. The molecule has 2 fully saturated rings. The molecule has 0 aromatic rings. The van der Waals surface area contributed by atoms with Gasteiger partial charge in [0.2, 0.25) is 5.91 Å². The van der Waals surface area contributed by atoms with Crippen molar-refractivity contribution in [2.75, 3.05) is 13.7 Å². The minimum atomic E-state index is -0.745. The zero-order valence-corrected chi connectivity index (χ0v) is 8.16. The number of esters is 1. The number of amides is 1. The van der Waals surface area contributed by atoms with Crippen LogP contribution in [0.1, 0.15) is 19.3 Å². The summed E-state index contributed by atoms with van der Waals surface area (Å²) in [6.07, 6.45) is 1.94. The van der Waals surface area contributed by atoms with Crippen molar-refractivity contribution in [3.63, 3.8) is 0 Å². The molecule has 2 rings (SSSR count). The van der Waals surface area contributed by atoms with Gasteiger partial charge in [-0.15, -0.1) is 0 Å².